The van der Waals surface area contributed by atoms with E-state index < -0.39 is 0 Å². The molecule has 88 valence electrons. The lowest BCUT2D eigenvalue weighted by molar-refractivity contribution is 0.577. The van der Waals surface area contributed by atoms with Gasteiger partial charge in [0, 0.05) is 23.3 Å². The van der Waals surface area contributed by atoms with E-state index in [1.807, 2.05) is 0 Å². The van der Waals surface area contributed by atoms with E-state index in [0.29, 0.717) is 0 Å². The molecule has 0 saturated carbocycles. The van der Waals surface area contributed by atoms with E-state index >= 15 is 0 Å². The van der Waals surface area contributed by atoms with Crippen LogP contribution in [-0.4, -0.2) is 4.57 Å². The number of hydrogen-bond acceptors (Lipinski definition) is 1. The summed E-state index contributed by atoms with van der Waals surface area (Å²) in [6.45, 7) is 1.21. The van der Waals surface area contributed by atoms with Crippen LogP contribution in [0.15, 0.2) is 12.1 Å². The number of anilines is 1. The van der Waals surface area contributed by atoms with Crippen molar-refractivity contribution in [2.24, 2.45) is 0 Å². The minimum Gasteiger partial charge on any atom is -0.399 e. The number of aryl methyl sites for hydroxylation is 3. The van der Waals surface area contributed by atoms with Gasteiger partial charge in [-0.15, -0.1) is 0 Å². The van der Waals surface area contributed by atoms with E-state index in [1.165, 1.54) is 61.5 Å². The fourth-order valence-corrected chi connectivity index (χ4v) is 3.75. The molecule has 0 unspecified atom stereocenters. The fourth-order valence-electron chi connectivity index (χ4n) is 3.75. The standard InChI is InChI=1S/C15H18N2/c16-11-8-10-4-3-7-17-14-6-2-1-5-12(14)13(9-11)15(10)17/h8-9H,1-7,16H2. The highest BCUT2D eigenvalue weighted by Crippen LogP contribution is 2.37. The van der Waals surface area contributed by atoms with Crippen LogP contribution in [0, 0.1) is 0 Å². The van der Waals surface area contributed by atoms with Crippen LogP contribution in [0.4, 0.5) is 5.69 Å². The molecule has 2 N–H and O–H groups in total. The van der Waals surface area contributed by atoms with Gasteiger partial charge in [0.15, 0.2) is 0 Å². The van der Waals surface area contributed by atoms with Crippen molar-refractivity contribution in [3.63, 3.8) is 0 Å². The molecule has 1 aliphatic carbocycles. The predicted octanol–water partition coefficient (Wildman–Crippen LogP) is 3.05. The Hall–Kier alpha value is -1.44. The van der Waals surface area contributed by atoms with E-state index in [0.717, 1.165) is 5.69 Å². The molecule has 17 heavy (non-hydrogen) atoms. The van der Waals surface area contributed by atoms with Gasteiger partial charge in [-0.25, -0.2) is 0 Å². The average molecular weight is 226 g/mol. The van der Waals surface area contributed by atoms with Gasteiger partial charge in [0.05, 0.1) is 5.52 Å². The highest BCUT2D eigenvalue weighted by Gasteiger charge is 2.23. The van der Waals surface area contributed by atoms with Crippen molar-refractivity contribution in [3.8, 4) is 0 Å². The molecule has 2 aliphatic rings. The summed E-state index contributed by atoms with van der Waals surface area (Å²) in [7, 11) is 0. The molecule has 1 aliphatic heterocycles. The van der Waals surface area contributed by atoms with Gasteiger partial charge in [0.25, 0.3) is 0 Å². The summed E-state index contributed by atoms with van der Waals surface area (Å²) in [5.41, 5.74) is 13.2. The summed E-state index contributed by atoms with van der Waals surface area (Å²) in [5.74, 6) is 0. The van der Waals surface area contributed by atoms with Crippen molar-refractivity contribution >= 4 is 16.6 Å². The monoisotopic (exact) mass is 226 g/mol. The zero-order valence-corrected chi connectivity index (χ0v) is 10.1. The van der Waals surface area contributed by atoms with Crippen LogP contribution in [0.3, 0.4) is 0 Å². The Bertz CT molecular complexity index is 607. The van der Waals surface area contributed by atoms with E-state index in [2.05, 4.69) is 16.7 Å². The van der Waals surface area contributed by atoms with Crippen molar-refractivity contribution in [2.75, 3.05) is 5.73 Å². The molecule has 0 radical (unpaired) electrons. The lowest BCUT2D eigenvalue weighted by Crippen LogP contribution is -2.12. The molecule has 2 heterocycles. The third-order valence-electron chi connectivity index (χ3n) is 4.40. The first-order valence-electron chi connectivity index (χ1n) is 6.77. The Labute approximate surface area is 101 Å². The van der Waals surface area contributed by atoms with E-state index in [-0.39, 0.29) is 0 Å². The Balaban J connectivity index is 2.16. The topological polar surface area (TPSA) is 30.9 Å². The summed E-state index contributed by atoms with van der Waals surface area (Å²) >= 11 is 0. The largest absolute Gasteiger partial charge is 0.399 e. The van der Waals surface area contributed by atoms with E-state index in [4.69, 9.17) is 5.73 Å². The molecule has 0 saturated heterocycles. The third-order valence-corrected chi connectivity index (χ3v) is 4.40. The molecular weight excluding hydrogens is 208 g/mol. The second-order valence-corrected chi connectivity index (χ2v) is 5.46. The van der Waals surface area contributed by atoms with Crippen molar-refractivity contribution in [2.45, 2.75) is 45.1 Å². The van der Waals surface area contributed by atoms with Crippen LogP contribution >= 0.6 is 0 Å². The van der Waals surface area contributed by atoms with Crippen molar-refractivity contribution in [3.05, 3.63) is 29.0 Å². The fraction of sp³-hybridized carbons (Fsp3) is 0.467. The Kier molecular flexibility index (Phi) is 1.85. The number of nitrogen functional groups attached to an aromatic ring is 1. The van der Waals surface area contributed by atoms with Gasteiger partial charge in [0.2, 0.25) is 0 Å². The van der Waals surface area contributed by atoms with Crippen molar-refractivity contribution in [1.82, 2.24) is 4.57 Å². The van der Waals surface area contributed by atoms with Crippen LogP contribution in [0.25, 0.3) is 10.9 Å². The maximum Gasteiger partial charge on any atom is 0.0519 e. The van der Waals surface area contributed by atoms with Crippen LogP contribution in [0.2, 0.25) is 0 Å². The Morgan fingerprint density at radius 3 is 2.82 bits per heavy atom. The lowest BCUT2D eigenvalue weighted by atomic mass is 9.95. The Morgan fingerprint density at radius 1 is 1.00 bits per heavy atom. The first kappa shape index (κ1) is 9.58. The maximum absolute atomic E-state index is 6.06. The quantitative estimate of drug-likeness (QED) is 0.688. The van der Waals surface area contributed by atoms with Gasteiger partial charge in [-0.3, -0.25) is 0 Å². The van der Waals surface area contributed by atoms with Gasteiger partial charge in [0.1, 0.15) is 0 Å². The summed E-state index contributed by atoms with van der Waals surface area (Å²) in [4.78, 5) is 0. The van der Waals surface area contributed by atoms with Crippen LogP contribution in [0.5, 0.6) is 0 Å². The van der Waals surface area contributed by atoms with Crippen LogP contribution in [-0.2, 0) is 25.8 Å². The number of aromatic nitrogens is 1. The van der Waals surface area contributed by atoms with Crippen molar-refractivity contribution in [1.29, 1.82) is 0 Å². The number of benzene rings is 1. The zero-order valence-electron chi connectivity index (χ0n) is 10.1. The molecule has 2 heteroatoms. The molecule has 0 atom stereocenters. The number of hydrogen-bond donors (Lipinski definition) is 1. The summed E-state index contributed by atoms with van der Waals surface area (Å²) in [6, 6.07) is 4.38. The second kappa shape index (κ2) is 3.28. The first-order valence-corrected chi connectivity index (χ1v) is 6.77. The minimum absolute atomic E-state index is 0.944. The summed E-state index contributed by atoms with van der Waals surface area (Å²) < 4.78 is 2.59. The van der Waals surface area contributed by atoms with E-state index in [1.54, 1.807) is 11.3 Å². The minimum atomic E-state index is 0.944. The number of rotatable bonds is 0. The Morgan fingerprint density at radius 2 is 1.88 bits per heavy atom. The number of nitrogens with two attached hydrogens (primary N) is 1. The molecular formula is C15H18N2. The molecule has 1 aromatic carbocycles. The SMILES string of the molecule is Nc1cc2c3c(c1)c1c(n3CCC2)CCCC1. The highest BCUT2D eigenvalue weighted by molar-refractivity contribution is 5.91. The van der Waals surface area contributed by atoms with Gasteiger partial charge in [-0.05, 0) is 61.8 Å². The predicted molar refractivity (Wildman–Crippen MR) is 71.3 cm³/mol. The van der Waals surface area contributed by atoms with Gasteiger partial charge < -0.3 is 10.3 Å². The maximum atomic E-state index is 6.06. The number of nitrogens with zero attached hydrogens (tertiary/aromatic N) is 1. The summed E-state index contributed by atoms with van der Waals surface area (Å²) in [5, 5.41) is 1.45. The zero-order chi connectivity index (χ0) is 11.4. The lowest BCUT2D eigenvalue weighted by Gasteiger charge is -2.19. The van der Waals surface area contributed by atoms with Gasteiger partial charge >= 0.3 is 0 Å². The van der Waals surface area contributed by atoms with Crippen LogP contribution < -0.4 is 5.73 Å². The molecule has 4 rings (SSSR count). The molecule has 0 amide bonds. The van der Waals surface area contributed by atoms with E-state index in [9.17, 15) is 0 Å². The smallest absolute Gasteiger partial charge is 0.0519 e. The molecule has 0 fully saturated rings. The average Bonchev–Trinajstić information content (AvgIpc) is 2.67. The highest BCUT2D eigenvalue weighted by atomic mass is 15.0. The van der Waals surface area contributed by atoms with Crippen molar-refractivity contribution < 1.29 is 0 Å². The third kappa shape index (κ3) is 1.21. The van der Waals surface area contributed by atoms with Gasteiger partial charge in [-0.2, -0.15) is 0 Å². The molecule has 1 aromatic heterocycles. The summed E-state index contributed by atoms with van der Waals surface area (Å²) in [6.07, 6.45) is 7.69. The molecule has 0 spiro atoms. The number of fused-ring (bicyclic) bond motifs is 3. The van der Waals surface area contributed by atoms with Crippen LogP contribution in [0.1, 0.15) is 36.1 Å². The molecule has 2 aromatic rings. The second-order valence-electron chi connectivity index (χ2n) is 5.46. The first-order chi connectivity index (χ1) is 8.34. The normalized spacial score (nSPS) is 18.4. The molecule has 2 nitrogen and oxygen atoms in total. The van der Waals surface area contributed by atoms with Gasteiger partial charge in [-0.1, -0.05) is 0 Å². The molecule has 0 bridgehead atoms.